The highest BCUT2D eigenvalue weighted by atomic mass is 16.5. The molecular formula is C9H15N3O2. The highest BCUT2D eigenvalue weighted by Gasteiger charge is 2.07. The van der Waals surface area contributed by atoms with E-state index in [1.165, 1.54) is 0 Å². The third kappa shape index (κ3) is 3.18. The Bertz CT molecular complexity index is 296. The number of methoxy groups -OCH3 is 1. The average molecular weight is 197 g/mol. The van der Waals surface area contributed by atoms with E-state index in [0.717, 1.165) is 12.1 Å². The fraction of sp³-hybridized carbons (Fsp3) is 0.556. The van der Waals surface area contributed by atoms with Crippen LogP contribution >= 0.6 is 0 Å². The third-order valence-corrected chi connectivity index (χ3v) is 1.75. The molecule has 0 spiro atoms. The Hall–Kier alpha value is -1.36. The molecule has 0 atom stereocenters. The summed E-state index contributed by atoms with van der Waals surface area (Å²) >= 11 is 0. The van der Waals surface area contributed by atoms with Crippen LogP contribution in [-0.4, -0.2) is 36.4 Å². The third-order valence-electron chi connectivity index (χ3n) is 1.75. The van der Waals surface area contributed by atoms with E-state index in [1.54, 1.807) is 13.2 Å². The number of aryl methyl sites for hydroxylation is 1. The zero-order valence-electron chi connectivity index (χ0n) is 8.46. The molecule has 5 nitrogen and oxygen atoms in total. The fourth-order valence-corrected chi connectivity index (χ4v) is 1.04. The number of carbonyl (C=O) groups excluding carboxylic acids is 1. The first-order valence-corrected chi connectivity index (χ1v) is 4.53. The van der Waals surface area contributed by atoms with Gasteiger partial charge in [-0.1, -0.05) is 0 Å². The van der Waals surface area contributed by atoms with Gasteiger partial charge in [-0.3, -0.25) is 9.89 Å². The normalized spacial score (nSPS) is 10.1. The van der Waals surface area contributed by atoms with Crippen LogP contribution in [0.1, 0.15) is 22.6 Å². The van der Waals surface area contributed by atoms with Gasteiger partial charge in [0.25, 0.3) is 5.91 Å². The lowest BCUT2D eigenvalue weighted by molar-refractivity contribution is 0.0943. The Morgan fingerprint density at radius 2 is 2.50 bits per heavy atom. The summed E-state index contributed by atoms with van der Waals surface area (Å²) in [7, 11) is 1.64. The van der Waals surface area contributed by atoms with Crippen molar-refractivity contribution in [2.75, 3.05) is 20.3 Å². The van der Waals surface area contributed by atoms with Gasteiger partial charge >= 0.3 is 0 Å². The lowest BCUT2D eigenvalue weighted by atomic mass is 10.3. The van der Waals surface area contributed by atoms with E-state index >= 15 is 0 Å². The molecule has 0 aromatic carbocycles. The Labute approximate surface area is 82.8 Å². The number of nitrogens with zero attached hydrogens (tertiary/aromatic N) is 1. The van der Waals surface area contributed by atoms with Crippen molar-refractivity contribution in [3.63, 3.8) is 0 Å². The van der Waals surface area contributed by atoms with Gasteiger partial charge in [-0.05, 0) is 19.4 Å². The van der Waals surface area contributed by atoms with Gasteiger partial charge in [-0.2, -0.15) is 5.10 Å². The van der Waals surface area contributed by atoms with Gasteiger partial charge in [0.05, 0.1) is 0 Å². The molecule has 1 aromatic heterocycles. The highest BCUT2D eigenvalue weighted by molar-refractivity contribution is 5.92. The number of rotatable bonds is 5. The fourth-order valence-electron chi connectivity index (χ4n) is 1.04. The molecule has 0 aliphatic carbocycles. The van der Waals surface area contributed by atoms with Crippen LogP contribution in [0.2, 0.25) is 0 Å². The van der Waals surface area contributed by atoms with Crippen molar-refractivity contribution in [1.29, 1.82) is 0 Å². The van der Waals surface area contributed by atoms with Crippen LogP contribution in [0.3, 0.4) is 0 Å². The van der Waals surface area contributed by atoms with Gasteiger partial charge in [0, 0.05) is 26.0 Å². The maximum Gasteiger partial charge on any atom is 0.271 e. The smallest absolute Gasteiger partial charge is 0.271 e. The van der Waals surface area contributed by atoms with E-state index in [4.69, 9.17) is 4.74 Å². The van der Waals surface area contributed by atoms with Gasteiger partial charge in [0.15, 0.2) is 0 Å². The maximum atomic E-state index is 11.4. The Morgan fingerprint density at radius 1 is 1.71 bits per heavy atom. The van der Waals surface area contributed by atoms with E-state index in [9.17, 15) is 4.79 Å². The first-order chi connectivity index (χ1) is 6.74. The summed E-state index contributed by atoms with van der Waals surface area (Å²) in [6.07, 6.45) is 0.811. The molecule has 0 aliphatic heterocycles. The van der Waals surface area contributed by atoms with Gasteiger partial charge < -0.3 is 10.1 Å². The molecule has 14 heavy (non-hydrogen) atoms. The van der Waals surface area contributed by atoms with Crippen LogP contribution in [0.25, 0.3) is 0 Å². The van der Waals surface area contributed by atoms with E-state index in [-0.39, 0.29) is 5.91 Å². The Morgan fingerprint density at radius 3 is 3.07 bits per heavy atom. The monoisotopic (exact) mass is 197 g/mol. The van der Waals surface area contributed by atoms with Crippen molar-refractivity contribution in [2.45, 2.75) is 13.3 Å². The summed E-state index contributed by atoms with van der Waals surface area (Å²) in [4.78, 5) is 11.4. The number of H-pyrrole nitrogens is 1. The zero-order chi connectivity index (χ0) is 10.4. The van der Waals surface area contributed by atoms with Crippen LogP contribution in [0.15, 0.2) is 6.07 Å². The highest BCUT2D eigenvalue weighted by Crippen LogP contribution is 1.96. The number of ether oxygens (including phenoxy) is 1. The Balaban J connectivity index is 2.29. The number of aromatic nitrogens is 2. The number of hydrogen-bond donors (Lipinski definition) is 2. The van der Waals surface area contributed by atoms with E-state index in [0.29, 0.717) is 18.8 Å². The minimum Gasteiger partial charge on any atom is -0.385 e. The molecule has 0 saturated heterocycles. The zero-order valence-corrected chi connectivity index (χ0v) is 8.46. The van der Waals surface area contributed by atoms with Gasteiger partial charge in [0.2, 0.25) is 0 Å². The number of aromatic amines is 1. The first kappa shape index (κ1) is 10.7. The minimum absolute atomic E-state index is 0.148. The molecule has 1 heterocycles. The standard InChI is InChI=1S/C9H15N3O2/c1-7-6-8(12-11-7)9(13)10-4-3-5-14-2/h6H,3-5H2,1-2H3,(H,10,13)(H,11,12). The summed E-state index contributed by atoms with van der Waals surface area (Å²) < 4.78 is 4.86. The van der Waals surface area contributed by atoms with E-state index < -0.39 is 0 Å². The second-order valence-corrected chi connectivity index (χ2v) is 3.04. The van der Waals surface area contributed by atoms with Crippen molar-refractivity contribution in [2.24, 2.45) is 0 Å². The minimum atomic E-state index is -0.148. The molecule has 1 rings (SSSR count). The average Bonchev–Trinajstić information content (AvgIpc) is 2.59. The van der Waals surface area contributed by atoms with E-state index in [1.807, 2.05) is 6.92 Å². The van der Waals surface area contributed by atoms with Gasteiger partial charge in [0.1, 0.15) is 5.69 Å². The molecule has 78 valence electrons. The maximum absolute atomic E-state index is 11.4. The van der Waals surface area contributed by atoms with Crippen molar-refractivity contribution in [3.8, 4) is 0 Å². The Kier molecular flexibility index (Phi) is 4.12. The summed E-state index contributed by atoms with van der Waals surface area (Å²) in [5, 5.41) is 9.31. The van der Waals surface area contributed by atoms with Crippen molar-refractivity contribution in [1.82, 2.24) is 15.5 Å². The molecule has 0 aliphatic rings. The number of amides is 1. The first-order valence-electron chi connectivity index (χ1n) is 4.53. The number of nitrogens with one attached hydrogen (secondary N) is 2. The number of carbonyl (C=O) groups is 1. The van der Waals surface area contributed by atoms with Gasteiger partial charge in [-0.15, -0.1) is 0 Å². The molecule has 0 fully saturated rings. The molecular weight excluding hydrogens is 182 g/mol. The topological polar surface area (TPSA) is 67.0 Å². The molecule has 5 heteroatoms. The molecule has 0 unspecified atom stereocenters. The van der Waals surface area contributed by atoms with Gasteiger partial charge in [-0.25, -0.2) is 0 Å². The largest absolute Gasteiger partial charge is 0.385 e. The molecule has 1 aromatic rings. The van der Waals surface area contributed by atoms with Crippen LogP contribution in [0, 0.1) is 6.92 Å². The molecule has 0 bridgehead atoms. The predicted octanol–water partition coefficient (Wildman–Crippen LogP) is 0.484. The summed E-state index contributed by atoms with van der Waals surface area (Å²) in [6, 6.07) is 1.71. The van der Waals surface area contributed by atoms with Crippen LogP contribution in [0.4, 0.5) is 0 Å². The van der Waals surface area contributed by atoms with Crippen LogP contribution < -0.4 is 5.32 Å². The summed E-state index contributed by atoms with van der Waals surface area (Å²) in [5.41, 5.74) is 1.31. The lowest BCUT2D eigenvalue weighted by Crippen LogP contribution is -2.25. The summed E-state index contributed by atoms with van der Waals surface area (Å²) in [6.45, 7) is 3.12. The number of hydrogen-bond acceptors (Lipinski definition) is 3. The summed E-state index contributed by atoms with van der Waals surface area (Å²) in [5.74, 6) is -0.148. The lowest BCUT2D eigenvalue weighted by Gasteiger charge is -2.01. The van der Waals surface area contributed by atoms with Crippen molar-refractivity contribution >= 4 is 5.91 Å². The predicted molar refractivity (Wildman–Crippen MR) is 52.2 cm³/mol. The molecule has 0 radical (unpaired) electrons. The van der Waals surface area contributed by atoms with E-state index in [2.05, 4.69) is 15.5 Å². The molecule has 0 saturated carbocycles. The second-order valence-electron chi connectivity index (χ2n) is 3.04. The van der Waals surface area contributed by atoms with Crippen molar-refractivity contribution in [3.05, 3.63) is 17.5 Å². The van der Waals surface area contributed by atoms with Crippen LogP contribution in [-0.2, 0) is 4.74 Å². The second kappa shape index (κ2) is 5.39. The quantitative estimate of drug-likeness (QED) is 0.675. The van der Waals surface area contributed by atoms with Crippen LogP contribution in [0.5, 0.6) is 0 Å². The molecule has 2 N–H and O–H groups in total. The van der Waals surface area contributed by atoms with Crippen molar-refractivity contribution < 1.29 is 9.53 Å². The SMILES string of the molecule is COCCCNC(=O)c1cc(C)[nH]n1. The molecule has 1 amide bonds.